The molecule has 3 atom stereocenters. The number of amides is 1. The van der Waals surface area contributed by atoms with Crippen LogP contribution >= 0.6 is 0 Å². The highest BCUT2D eigenvalue weighted by molar-refractivity contribution is 7.86. The summed E-state index contributed by atoms with van der Waals surface area (Å²) < 4.78 is 99.6. The molecule has 0 radical (unpaired) electrons. The van der Waals surface area contributed by atoms with Gasteiger partial charge < -0.3 is 10.6 Å². The molecule has 8 nitrogen and oxygen atoms in total. The molecule has 0 spiro atoms. The van der Waals surface area contributed by atoms with Crippen molar-refractivity contribution in [3.05, 3.63) is 94.8 Å². The van der Waals surface area contributed by atoms with Crippen molar-refractivity contribution in [2.24, 2.45) is 0 Å². The van der Waals surface area contributed by atoms with Gasteiger partial charge in [0.15, 0.2) is 0 Å². The molecule has 0 aliphatic carbocycles. The fraction of sp³-hybridized carbons (Fsp3) is 0.400. The van der Waals surface area contributed by atoms with Crippen LogP contribution in [0.25, 0.3) is 0 Å². The molecule has 3 heterocycles. The molecule has 2 N–H and O–H groups in total. The molecule has 0 saturated carbocycles. The quantitative estimate of drug-likeness (QED) is 0.324. The minimum absolute atomic E-state index is 0.0462. The van der Waals surface area contributed by atoms with Gasteiger partial charge in [-0.25, -0.2) is 22.0 Å². The van der Waals surface area contributed by atoms with Gasteiger partial charge in [0.05, 0.1) is 18.1 Å². The third-order valence-corrected chi connectivity index (χ3v) is 10.0. The maximum Gasteiger partial charge on any atom is 0.282 e. The van der Waals surface area contributed by atoms with Gasteiger partial charge in [-0.15, -0.1) is 0 Å². The number of nitrogens with zero attached hydrogens (tertiary/aromatic N) is 3. The predicted octanol–water partition coefficient (Wildman–Crippen LogP) is 4.29. The third kappa shape index (κ3) is 7.42. The molecular weight excluding hydrogens is 605 g/mol. The van der Waals surface area contributed by atoms with Crippen LogP contribution in [0.15, 0.2) is 54.9 Å². The Kier molecular flexibility index (Phi) is 9.93. The van der Waals surface area contributed by atoms with Gasteiger partial charge in [0.2, 0.25) is 5.91 Å². The maximum absolute atomic E-state index is 15.1. The minimum atomic E-state index is -3.93. The van der Waals surface area contributed by atoms with E-state index >= 15 is 4.39 Å². The minimum Gasteiger partial charge on any atom is -0.324 e. The lowest BCUT2D eigenvalue weighted by atomic mass is 9.88. The first-order chi connectivity index (χ1) is 21.0. The van der Waals surface area contributed by atoms with Crippen molar-refractivity contribution in [1.82, 2.24) is 18.9 Å². The summed E-state index contributed by atoms with van der Waals surface area (Å²) in [5.74, 6) is -4.38. The Labute approximate surface area is 252 Å². The van der Waals surface area contributed by atoms with Crippen molar-refractivity contribution in [2.75, 3.05) is 38.0 Å². The van der Waals surface area contributed by atoms with E-state index in [-0.39, 0.29) is 62.1 Å². The molecular formula is C30H32F5N5O3S. The van der Waals surface area contributed by atoms with E-state index in [0.29, 0.717) is 24.7 Å². The van der Waals surface area contributed by atoms with Crippen molar-refractivity contribution < 1.29 is 35.2 Å². The van der Waals surface area contributed by atoms with Gasteiger partial charge >= 0.3 is 0 Å². The summed E-state index contributed by atoms with van der Waals surface area (Å²) in [6.45, 7) is 0.794. The fourth-order valence-corrected chi connectivity index (χ4v) is 7.62. The van der Waals surface area contributed by atoms with Gasteiger partial charge in [0.1, 0.15) is 29.4 Å². The number of hydrogen-bond donors (Lipinski definition) is 2. The highest BCUT2D eigenvalue weighted by Gasteiger charge is 2.40. The highest BCUT2D eigenvalue weighted by Crippen LogP contribution is 2.31. The summed E-state index contributed by atoms with van der Waals surface area (Å²) >= 11 is 0. The summed E-state index contributed by atoms with van der Waals surface area (Å²) in [4.78, 5) is 17.1. The molecule has 5 rings (SSSR count). The normalized spacial score (nSPS) is 20.5. The molecule has 14 heteroatoms. The van der Waals surface area contributed by atoms with Gasteiger partial charge in [-0.1, -0.05) is 12.1 Å². The van der Waals surface area contributed by atoms with Gasteiger partial charge in [-0.3, -0.25) is 9.78 Å². The van der Waals surface area contributed by atoms with Crippen molar-refractivity contribution in [3.8, 4) is 0 Å². The Morgan fingerprint density at radius 2 is 1.73 bits per heavy atom. The second-order valence-corrected chi connectivity index (χ2v) is 12.8. The summed E-state index contributed by atoms with van der Waals surface area (Å²) in [6.07, 6.45) is 1.11. The monoisotopic (exact) mass is 637 g/mol. The lowest BCUT2D eigenvalue weighted by molar-refractivity contribution is -0.116. The molecule has 2 fully saturated rings. The number of halogens is 5. The van der Waals surface area contributed by atoms with Gasteiger partial charge in [-0.2, -0.15) is 17.0 Å². The van der Waals surface area contributed by atoms with Gasteiger partial charge in [0.25, 0.3) is 10.2 Å². The van der Waals surface area contributed by atoms with Crippen LogP contribution < -0.4 is 10.6 Å². The number of alkyl halides is 1. The first-order valence-corrected chi connectivity index (χ1v) is 15.7. The van der Waals surface area contributed by atoms with Crippen molar-refractivity contribution in [2.45, 2.75) is 43.8 Å². The van der Waals surface area contributed by atoms with Crippen LogP contribution in [0.1, 0.15) is 41.9 Å². The molecule has 2 saturated heterocycles. The lowest BCUT2D eigenvalue weighted by Crippen LogP contribution is -2.57. The number of benzene rings is 2. The Hall–Kier alpha value is -3.46. The molecule has 2 aliphatic heterocycles. The first kappa shape index (κ1) is 31.9. The average Bonchev–Trinajstić information content (AvgIpc) is 3.43. The predicted molar refractivity (Wildman–Crippen MR) is 154 cm³/mol. The standard InChI is InChI=1S/C30H32F5N5O3S/c31-21-3-1-19(2-4-21)27(20-11-23(33)13-24(34)12-20)14-30(41)38-29-17-37-16-28(35)26(29)6-5-25-15-36-8-10-40(25)44(42,43)39-9-7-22(32)18-39/h1-4,11-13,16-17,22,25,27,36H,5-10,14-15,18H2,(H,38,41)/t22-,25+,27+/m1/s1. The van der Waals surface area contributed by atoms with Crippen molar-refractivity contribution in [1.29, 1.82) is 0 Å². The number of carbonyl (C=O) groups excluding carboxylic acids is 1. The molecule has 0 bridgehead atoms. The van der Waals surface area contributed by atoms with E-state index < -0.39 is 57.5 Å². The highest BCUT2D eigenvalue weighted by atomic mass is 32.2. The maximum atomic E-state index is 15.1. The lowest BCUT2D eigenvalue weighted by Gasteiger charge is -2.37. The molecule has 0 unspecified atom stereocenters. The summed E-state index contributed by atoms with van der Waals surface area (Å²) in [6, 6.07) is 7.52. The molecule has 44 heavy (non-hydrogen) atoms. The number of piperazine rings is 1. The van der Waals surface area contributed by atoms with E-state index in [9.17, 15) is 30.8 Å². The van der Waals surface area contributed by atoms with Crippen LogP contribution in [-0.2, 0) is 21.4 Å². The topological polar surface area (TPSA) is 94.6 Å². The fourth-order valence-electron chi connectivity index (χ4n) is 5.76. The zero-order valence-corrected chi connectivity index (χ0v) is 24.5. The Bertz CT molecular complexity index is 1570. The first-order valence-electron chi connectivity index (χ1n) is 14.3. The zero-order valence-electron chi connectivity index (χ0n) is 23.7. The van der Waals surface area contributed by atoms with Gasteiger partial charge in [0, 0.05) is 62.7 Å². The van der Waals surface area contributed by atoms with E-state index in [2.05, 4.69) is 15.6 Å². The van der Waals surface area contributed by atoms with Crippen LogP contribution in [0.3, 0.4) is 0 Å². The SMILES string of the molecule is O=C(C[C@@H](c1ccc(F)cc1)c1cc(F)cc(F)c1)Nc1cncc(F)c1CC[C@H]1CNCCN1S(=O)(=O)N1CC[C@@H](F)C1. The van der Waals surface area contributed by atoms with Crippen LogP contribution in [0.5, 0.6) is 0 Å². The van der Waals surface area contributed by atoms with Gasteiger partial charge in [-0.05, 0) is 54.7 Å². The summed E-state index contributed by atoms with van der Waals surface area (Å²) in [5.41, 5.74) is 0.769. The smallest absolute Gasteiger partial charge is 0.282 e. The molecule has 1 amide bonds. The number of pyridine rings is 1. The van der Waals surface area contributed by atoms with Crippen molar-refractivity contribution in [3.63, 3.8) is 0 Å². The summed E-state index contributed by atoms with van der Waals surface area (Å²) in [7, 11) is -3.93. The van der Waals surface area contributed by atoms with E-state index in [4.69, 9.17) is 0 Å². The zero-order chi connectivity index (χ0) is 31.4. The number of aromatic nitrogens is 1. The van der Waals surface area contributed by atoms with E-state index in [1.165, 1.54) is 34.8 Å². The largest absolute Gasteiger partial charge is 0.324 e. The molecule has 2 aromatic carbocycles. The second-order valence-electron chi connectivity index (χ2n) is 11.0. The number of carbonyl (C=O) groups is 1. The van der Waals surface area contributed by atoms with Crippen LogP contribution in [-0.4, -0.2) is 72.9 Å². The number of rotatable bonds is 10. The van der Waals surface area contributed by atoms with Crippen molar-refractivity contribution >= 4 is 21.8 Å². The Morgan fingerprint density at radius 3 is 2.41 bits per heavy atom. The Balaban J connectivity index is 1.33. The van der Waals surface area contributed by atoms with Crippen LogP contribution in [0.2, 0.25) is 0 Å². The van der Waals surface area contributed by atoms with E-state index in [1.807, 2.05) is 0 Å². The summed E-state index contributed by atoms with van der Waals surface area (Å²) in [5, 5.41) is 5.79. The van der Waals surface area contributed by atoms with E-state index in [1.54, 1.807) is 0 Å². The third-order valence-electron chi connectivity index (χ3n) is 7.97. The Morgan fingerprint density at radius 1 is 1.00 bits per heavy atom. The molecule has 236 valence electrons. The molecule has 3 aromatic rings. The number of hydrogen-bond acceptors (Lipinski definition) is 5. The molecule has 2 aliphatic rings. The van der Waals surface area contributed by atoms with Crippen LogP contribution in [0.4, 0.5) is 27.6 Å². The van der Waals surface area contributed by atoms with E-state index in [0.717, 1.165) is 22.6 Å². The number of anilines is 1. The number of nitrogens with one attached hydrogen (secondary N) is 2. The average molecular weight is 638 g/mol. The molecule has 1 aromatic heterocycles. The van der Waals surface area contributed by atoms with Crippen LogP contribution in [0, 0.1) is 23.3 Å². The second kappa shape index (κ2) is 13.7.